The maximum absolute atomic E-state index is 11.7. The van der Waals surface area contributed by atoms with Crippen molar-refractivity contribution in [3.63, 3.8) is 0 Å². The van der Waals surface area contributed by atoms with Crippen LogP contribution >= 0.6 is 0 Å². The molecule has 1 aromatic carbocycles. The first kappa shape index (κ1) is 13.1. The SMILES string of the molecule is NCCC(=O)c1cccc(OC2CCOCC2)c1. The van der Waals surface area contributed by atoms with E-state index >= 15 is 0 Å². The van der Waals surface area contributed by atoms with Crippen LogP contribution in [0.3, 0.4) is 0 Å². The molecule has 4 heteroatoms. The van der Waals surface area contributed by atoms with Gasteiger partial charge in [-0.2, -0.15) is 0 Å². The standard InChI is InChI=1S/C14H19NO3/c15-7-4-14(16)11-2-1-3-13(10-11)18-12-5-8-17-9-6-12/h1-3,10,12H,4-9,15H2. The minimum absolute atomic E-state index is 0.0647. The van der Waals surface area contributed by atoms with Crippen molar-refractivity contribution in [3.8, 4) is 5.75 Å². The Labute approximate surface area is 107 Å². The molecule has 2 N–H and O–H groups in total. The van der Waals surface area contributed by atoms with Gasteiger partial charge >= 0.3 is 0 Å². The van der Waals surface area contributed by atoms with Crippen molar-refractivity contribution in [1.82, 2.24) is 0 Å². The van der Waals surface area contributed by atoms with Crippen molar-refractivity contribution >= 4 is 5.78 Å². The van der Waals surface area contributed by atoms with Crippen molar-refractivity contribution in [1.29, 1.82) is 0 Å². The molecule has 18 heavy (non-hydrogen) atoms. The van der Waals surface area contributed by atoms with Crippen molar-refractivity contribution in [2.24, 2.45) is 5.73 Å². The van der Waals surface area contributed by atoms with Crippen molar-refractivity contribution in [2.75, 3.05) is 19.8 Å². The van der Waals surface area contributed by atoms with Gasteiger partial charge < -0.3 is 15.2 Å². The van der Waals surface area contributed by atoms with Crippen molar-refractivity contribution < 1.29 is 14.3 Å². The molecule has 0 radical (unpaired) electrons. The molecule has 0 aromatic heterocycles. The second-order valence-electron chi connectivity index (χ2n) is 4.42. The molecule has 98 valence electrons. The average molecular weight is 249 g/mol. The zero-order chi connectivity index (χ0) is 12.8. The fraction of sp³-hybridized carbons (Fsp3) is 0.500. The lowest BCUT2D eigenvalue weighted by atomic mass is 10.1. The van der Waals surface area contributed by atoms with Gasteiger partial charge in [-0.3, -0.25) is 4.79 Å². The maximum atomic E-state index is 11.7. The van der Waals surface area contributed by atoms with Crippen LogP contribution in [-0.4, -0.2) is 31.6 Å². The molecule has 0 saturated carbocycles. The molecule has 1 aliphatic heterocycles. The zero-order valence-electron chi connectivity index (χ0n) is 10.4. The molecule has 0 atom stereocenters. The molecule has 1 fully saturated rings. The fourth-order valence-corrected chi connectivity index (χ4v) is 2.00. The van der Waals surface area contributed by atoms with Gasteiger partial charge in [-0.15, -0.1) is 0 Å². The number of ether oxygens (including phenoxy) is 2. The predicted octanol–water partition coefficient (Wildman–Crippen LogP) is 1.78. The van der Waals surface area contributed by atoms with Crippen LogP contribution < -0.4 is 10.5 Å². The summed E-state index contributed by atoms with van der Waals surface area (Å²) in [6.45, 7) is 1.87. The molecule has 1 aromatic rings. The molecular formula is C14H19NO3. The summed E-state index contributed by atoms with van der Waals surface area (Å²) < 4.78 is 11.1. The average Bonchev–Trinajstić information content (AvgIpc) is 2.40. The second-order valence-corrected chi connectivity index (χ2v) is 4.42. The quantitative estimate of drug-likeness (QED) is 0.808. The summed E-state index contributed by atoms with van der Waals surface area (Å²) in [5, 5.41) is 0. The van der Waals surface area contributed by atoms with E-state index in [0.717, 1.165) is 31.8 Å². The highest BCUT2D eigenvalue weighted by atomic mass is 16.5. The Morgan fingerprint density at radius 3 is 2.89 bits per heavy atom. The molecule has 2 rings (SSSR count). The first-order chi connectivity index (χ1) is 8.79. The van der Waals surface area contributed by atoms with Gasteiger partial charge in [0.15, 0.2) is 5.78 Å². The molecular weight excluding hydrogens is 230 g/mol. The fourth-order valence-electron chi connectivity index (χ4n) is 2.00. The van der Waals surface area contributed by atoms with Crippen LogP contribution in [0.1, 0.15) is 29.6 Å². The maximum Gasteiger partial charge on any atom is 0.164 e. The summed E-state index contributed by atoms with van der Waals surface area (Å²) in [6.07, 6.45) is 2.38. The molecule has 1 heterocycles. The van der Waals surface area contributed by atoms with Gasteiger partial charge in [-0.25, -0.2) is 0 Å². The first-order valence-corrected chi connectivity index (χ1v) is 6.37. The van der Waals surface area contributed by atoms with E-state index in [4.69, 9.17) is 15.2 Å². The van der Waals surface area contributed by atoms with Gasteiger partial charge in [0.2, 0.25) is 0 Å². The van der Waals surface area contributed by atoms with Gasteiger partial charge in [0.1, 0.15) is 11.9 Å². The summed E-state index contributed by atoms with van der Waals surface area (Å²) in [5.74, 6) is 0.819. The normalized spacial score (nSPS) is 16.5. The summed E-state index contributed by atoms with van der Waals surface area (Å²) in [4.78, 5) is 11.7. The lowest BCUT2D eigenvalue weighted by molar-refractivity contribution is 0.0255. The monoisotopic (exact) mass is 249 g/mol. The van der Waals surface area contributed by atoms with Crippen molar-refractivity contribution in [2.45, 2.75) is 25.4 Å². The third-order valence-electron chi connectivity index (χ3n) is 3.00. The number of carbonyl (C=O) groups is 1. The highest BCUT2D eigenvalue weighted by Gasteiger charge is 2.15. The lowest BCUT2D eigenvalue weighted by Crippen LogP contribution is -2.25. The third-order valence-corrected chi connectivity index (χ3v) is 3.00. The van der Waals surface area contributed by atoms with Gasteiger partial charge in [-0.1, -0.05) is 12.1 Å². The Balaban J connectivity index is 2.00. The van der Waals surface area contributed by atoms with Crippen molar-refractivity contribution in [3.05, 3.63) is 29.8 Å². The summed E-state index contributed by atoms with van der Waals surface area (Å²) in [7, 11) is 0. The first-order valence-electron chi connectivity index (χ1n) is 6.37. The van der Waals surface area contributed by atoms with E-state index in [1.807, 2.05) is 12.1 Å². The molecule has 0 bridgehead atoms. The Morgan fingerprint density at radius 2 is 2.17 bits per heavy atom. The van der Waals surface area contributed by atoms with Crippen LogP contribution in [0.15, 0.2) is 24.3 Å². The van der Waals surface area contributed by atoms with E-state index in [9.17, 15) is 4.79 Å². The van der Waals surface area contributed by atoms with Crippen LogP contribution in [0, 0.1) is 0 Å². The molecule has 1 saturated heterocycles. The third kappa shape index (κ3) is 3.55. The number of rotatable bonds is 5. The number of benzene rings is 1. The highest BCUT2D eigenvalue weighted by Crippen LogP contribution is 2.19. The zero-order valence-corrected chi connectivity index (χ0v) is 10.4. The van der Waals surface area contributed by atoms with Crippen LogP contribution in [0.2, 0.25) is 0 Å². The predicted molar refractivity (Wildman–Crippen MR) is 68.9 cm³/mol. The van der Waals surface area contributed by atoms with Gasteiger partial charge in [0.25, 0.3) is 0 Å². The number of carbonyl (C=O) groups excluding carboxylic acids is 1. The van der Waals surface area contributed by atoms with E-state index in [-0.39, 0.29) is 11.9 Å². The van der Waals surface area contributed by atoms with E-state index in [1.165, 1.54) is 0 Å². The summed E-state index contributed by atoms with van der Waals surface area (Å²) in [5.41, 5.74) is 6.06. The van der Waals surface area contributed by atoms with E-state index in [0.29, 0.717) is 18.5 Å². The van der Waals surface area contributed by atoms with Crippen LogP contribution in [0.5, 0.6) is 5.75 Å². The molecule has 0 aliphatic carbocycles. The molecule has 4 nitrogen and oxygen atoms in total. The largest absolute Gasteiger partial charge is 0.490 e. The minimum atomic E-state index is 0.0647. The Hall–Kier alpha value is -1.39. The van der Waals surface area contributed by atoms with E-state index < -0.39 is 0 Å². The molecule has 0 unspecified atom stereocenters. The summed E-state index contributed by atoms with van der Waals surface area (Å²) >= 11 is 0. The van der Waals surface area contributed by atoms with Gasteiger partial charge in [-0.05, 0) is 18.7 Å². The minimum Gasteiger partial charge on any atom is -0.490 e. The van der Waals surface area contributed by atoms with Crippen LogP contribution in [0.25, 0.3) is 0 Å². The van der Waals surface area contributed by atoms with Crippen LogP contribution in [-0.2, 0) is 4.74 Å². The summed E-state index contributed by atoms with van der Waals surface area (Å²) in [6, 6.07) is 7.33. The smallest absolute Gasteiger partial charge is 0.164 e. The van der Waals surface area contributed by atoms with E-state index in [1.54, 1.807) is 12.1 Å². The highest BCUT2D eigenvalue weighted by molar-refractivity contribution is 5.96. The molecule has 0 spiro atoms. The topological polar surface area (TPSA) is 61.6 Å². The van der Waals surface area contributed by atoms with Crippen LogP contribution in [0.4, 0.5) is 0 Å². The Kier molecular flexibility index (Phi) is 4.73. The Bertz CT molecular complexity index is 400. The molecule has 1 aliphatic rings. The lowest BCUT2D eigenvalue weighted by Gasteiger charge is -2.23. The van der Waals surface area contributed by atoms with E-state index in [2.05, 4.69) is 0 Å². The van der Waals surface area contributed by atoms with Gasteiger partial charge in [0.05, 0.1) is 13.2 Å². The number of hydrogen-bond acceptors (Lipinski definition) is 4. The second kappa shape index (κ2) is 6.52. The number of hydrogen-bond donors (Lipinski definition) is 1. The Morgan fingerprint density at radius 1 is 1.39 bits per heavy atom. The number of nitrogens with two attached hydrogens (primary N) is 1. The van der Waals surface area contributed by atoms with Gasteiger partial charge in [0, 0.05) is 24.8 Å². The molecule has 0 amide bonds. The number of ketones is 1. The number of Topliss-reactive ketones (excluding diaryl/α,β-unsaturated/α-hetero) is 1.